The van der Waals surface area contributed by atoms with E-state index in [1.807, 2.05) is 24.3 Å². The normalized spacial score (nSPS) is 17.2. The minimum absolute atomic E-state index is 0.249. The van der Waals surface area contributed by atoms with Gasteiger partial charge < -0.3 is 10.2 Å². The zero-order chi connectivity index (χ0) is 22.0. The van der Waals surface area contributed by atoms with Crippen LogP contribution in [-0.2, 0) is 9.84 Å². The molecule has 9 heteroatoms. The lowest BCUT2D eigenvalue weighted by atomic mass is 10.1. The third-order valence-electron chi connectivity index (χ3n) is 5.64. The summed E-state index contributed by atoms with van der Waals surface area (Å²) in [6.07, 6.45) is 4.56. The minimum Gasteiger partial charge on any atom is -0.338 e. The maximum absolute atomic E-state index is 12.2. The number of thiazole rings is 1. The van der Waals surface area contributed by atoms with Crippen LogP contribution in [0.15, 0.2) is 47.4 Å². The van der Waals surface area contributed by atoms with Gasteiger partial charge in [-0.2, -0.15) is 0 Å². The van der Waals surface area contributed by atoms with E-state index in [2.05, 4.69) is 27.6 Å². The van der Waals surface area contributed by atoms with Crippen LogP contribution in [0.25, 0.3) is 21.3 Å². The summed E-state index contributed by atoms with van der Waals surface area (Å²) in [5, 5.41) is 6.27. The number of likely N-dealkylation sites (tertiary alicyclic amines) is 1. The van der Waals surface area contributed by atoms with E-state index < -0.39 is 9.84 Å². The summed E-state index contributed by atoms with van der Waals surface area (Å²) in [5.74, 6) is 0. The number of aromatic nitrogens is 1. The van der Waals surface area contributed by atoms with E-state index in [0.29, 0.717) is 17.7 Å². The van der Waals surface area contributed by atoms with Gasteiger partial charge in [0.15, 0.2) is 15.0 Å². The molecule has 1 fully saturated rings. The van der Waals surface area contributed by atoms with Gasteiger partial charge in [0.25, 0.3) is 0 Å². The molecule has 4 rings (SSSR count). The first-order valence-corrected chi connectivity index (χ1v) is 13.0. The molecular formula is C22H26N4O3S2. The largest absolute Gasteiger partial charge is 0.338 e. The fourth-order valence-corrected chi connectivity index (χ4v) is 5.47. The van der Waals surface area contributed by atoms with Crippen LogP contribution in [0.3, 0.4) is 0 Å². The highest BCUT2D eigenvalue weighted by Gasteiger charge is 2.20. The summed E-state index contributed by atoms with van der Waals surface area (Å²) in [7, 11) is -1.14. The van der Waals surface area contributed by atoms with Crippen LogP contribution in [0.5, 0.6) is 0 Å². The molecule has 31 heavy (non-hydrogen) atoms. The first-order chi connectivity index (χ1) is 14.8. The van der Waals surface area contributed by atoms with Crippen LogP contribution < -0.4 is 10.6 Å². The lowest BCUT2D eigenvalue weighted by Gasteiger charge is -2.19. The predicted molar refractivity (Wildman–Crippen MR) is 125 cm³/mol. The molecule has 7 nitrogen and oxygen atoms in total. The fraction of sp³-hybridized carbons (Fsp3) is 0.364. The van der Waals surface area contributed by atoms with Crippen LogP contribution in [0.2, 0.25) is 0 Å². The van der Waals surface area contributed by atoms with Crippen LogP contribution >= 0.6 is 11.3 Å². The molecule has 0 radical (unpaired) electrons. The Morgan fingerprint density at radius 3 is 2.77 bits per heavy atom. The van der Waals surface area contributed by atoms with E-state index in [0.717, 1.165) is 34.3 Å². The molecule has 0 saturated carbocycles. The Morgan fingerprint density at radius 2 is 2.03 bits per heavy atom. The smallest absolute Gasteiger partial charge is 0.321 e. The molecule has 1 aliphatic rings. The average molecular weight is 459 g/mol. The van der Waals surface area contributed by atoms with Crippen LogP contribution in [-0.4, -0.2) is 56.8 Å². The number of rotatable bonds is 6. The second kappa shape index (κ2) is 8.94. The van der Waals surface area contributed by atoms with Crippen molar-refractivity contribution in [2.45, 2.75) is 30.2 Å². The number of hydrogen-bond acceptors (Lipinski definition) is 6. The average Bonchev–Trinajstić information content (AvgIpc) is 3.32. The third kappa shape index (κ3) is 5.23. The number of anilines is 1. The number of carbonyl (C=O) groups is 1. The lowest BCUT2D eigenvalue weighted by molar-refractivity contribution is 0.248. The van der Waals surface area contributed by atoms with Gasteiger partial charge in [0, 0.05) is 18.8 Å². The molecule has 0 spiro atoms. The molecule has 1 unspecified atom stereocenters. The zero-order valence-corrected chi connectivity index (χ0v) is 19.2. The van der Waals surface area contributed by atoms with Crippen molar-refractivity contribution in [2.75, 3.05) is 31.7 Å². The summed E-state index contributed by atoms with van der Waals surface area (Å²) in [4.78, 5) is 19.4. The van der Waals surface area contributed by atoms with Gasteiger partial charge in [-0.05, 0) is 68.2 Å². The fourth-order valence-electron chi connectivity index (χ4n) is 3.90. The van der Waals surface area contributed by atoms with Gasteiger partial charge in [-0.3, -0.25) is 5.32 Å². The van der Waals surface area contributed by atoms with Crippen LogP contribution in [0.4, 0.5) is 9.93 Å². The molecule has 3 aromatic rings. The van der Waals surface area contributed by atoms with Gasteiger partial charge in [-0.25, -0.2) is 18.2 Å². The Bertz CT molecular complexity index is 1210. The van der Waals surface area contributed by atoms with E-state index in [4.69, 9.17) is 0 Å². The number of sulfone groups is 1. The number of benzene rings is 2. The minimum atomic E-state index is -3.27. The topological polar surface area (TPSA) is 91.4 Å². The molecule has 2 aromatic carbocycles. The van der Waals surface area contributed by atoms with E-state index >= 15 is 0 Å². The highest BCUT2D eigenvalue weighted by molar-refractivity contribution is 7.90. The van der Waals surface area contributed by atoms with Crippen molar-refractivity contribution in [1.82, 2.24) is 15.2 Å². The van der Waals surface area contributed by atoms with Crippen LogP contribution in [0, 0.1) is 0 Å². The van der Waals surface area contributed by atoms with E-state index in [-0.39, 0.29) is 10.9 Å². The second-order valence-corrected chi connectivity index (χ2v) is 11.0. The maximum atomic E-state index is 12.2. The maximum Gasteiger partial charge on any atom is 0.321 e. The quantitative estimate of drug-likeness (QED) is 0.583. The number of hydrogen-bond donors (Lipinski definition) is 2. The molecule has 0 bridgehead atoms. The highest BCUT2D eigenvalue weighted by Crippen LogP contribution is 2.31. The van der Waals surface area contributed by atoms with Crippen molar-refractivity contribution in [3.05, 3.63) is 42.5 Å². The highest BCUT2D eigenvalue weighted by atomic mass is 32.2. The van der Waals surface area contributed by atoms with Crippen molar-refractivity contribution in [1.29, 1.82) is 0 Å². The Labute approximate surface area is 186 Å². The first-order valence-electron chi connectivity index (χ1n) is 10.3. The first kappa shape index (κ1) is 21.7. The summed E-state index contributed by atoms with van der Waals surface area (Å²) in [5.41, 5.74) is 2.51. The van der Waals surface area contributed by atoms with Crippen molar-refractivity contribution in [2.24, 2.45) is 0 Å². The number of urea groups is 1. The second-order valence-electron chi connectivity index (χ2n) is 7.95. The molecule has 1 aliphatic heterocycles. The number of nitrogens with one attached hydrogen (secondary N) is 2. The number of amides is 2. The van der Waals surface area contributed by atoms with Crippen molar-refractivity contribution in [3.8, 4) is 11.1 Å². The molecule has 2 amide bonds. The van der Waals surface area contributed by atoms with Gasteiger partial charge in [0.05, 0.1) is 15.1 Å². The molecule has 2 heterocycles. The van der Waals surface area contributed by atoms with Gasteiger partial charge >= 0.3 is 6.03 Å². The Morgan fingerprint density at radius 1 is 1.23 bits per heavy atom. The molecule has 2 N–H and O–H groups in total. The van der Waals surface area contributed by atoms with E-state index in [1.165, 1.54) is 30.4 Å². The van der Waals surface area contributed by atoms with Gasteiger partial charge in [-0.1, -0.05) is 29.5 Å². The Balaban J connectivity index is 1.42. The zero-order valence-electron chi connectivity index (χ0n) is 17.6. The van der Waals surface area contributed by atoms with Crippen molar-refractivity contribution >= 4 is 42.6 Å². The molecule has 1 saturated heterocycles. The van der Waals surface area contributed by atoms with Crippen LogP contribution in [0.1, 0.15) is 19.3 Å². The Hall–Kier alpha value is -2.49. The Kier molecular flexibility index (Phi) is 6.27. The monoisotopic (exact) mass is 458 g/mol. The summed E-state index contributed by atoms with van der Waals surface area (Å²) >= 11 is 1.39. The number of nitrogens with zero attached hydrogens (tertiary/aromatic N) is 2. The molecular weight excluding hydrogens is 432 g/mol. The molecule has 1 aromatic heterocycles. The molecule has 0 aliphatic carbocycles. The SMILES string of the molecule is CN1CCCC1CCNC(=O)Nc1nc2ccc(-c3cccc(S(C)(=O)=O)c3)cc2s1. The van der Waals surface area contributed by atoms with Crippen molar-refractivity contribution in [3.63, 3.8) is 0 Å². The summed E-state index contributed by atoms with van der Waals surface area (Å²) < 4.78 is 24.6. The van der Waals surface area contributed by atoms with Gasteiger partial charge in [-0.15, -0.1) is 0 Å². The standard InChI is InChI=1S/C22H26N4O3S2/c1-26-12-4-6-17(26)10-11-23-21(27)25-22-24-19-9-8-16(14-20(19)30-22)15-5-3-7-18(13-15)31(2,28)29/h3,5,7-9,13-14,17H,4,6,10-12H2,1-2H3,(H2,23,24,25,27). The van der Waals surface area contributed by atoms with E-state index in [1.54, 1.807) is 18.2 Å². The van der Waals surface area contributed by atoms with Crippen molar-refractivity contribution < 1.29 is 13.2 Å². The number of carbonyl (C=O) groups excluding carboxylic acids is 1. The molecule has 164 valence electrons. The predicted octanol–water partition coefficient (Wildman–Crippen LogP) is 3.97. The summed E-state index contributed by atoms with van der Waals surface area (Å²) in [6, 6.07) is 12.9. The molecule has 1 atom stereocenters. The third-order valence-corrected chi connectivity index (χ3v) is 7.68. The van der Waals surface area contributed by atoms with Gasteiger partial charge in [0.1, 0.15) is 0 Å². The van der Waals surface area contributed by atoms with E-state index in [9.17, 15) is 13.2 Å². The number of fused-ring (bicyclic) bond motifs is 1. The van der Waals surface area contributed by atoms with Gasteiger partial charge in [0.2, 0.25) is 0 Å². The lowest BCUT2D eigenvalue weighted by Crippen LogP contribution is -2.34. The summed E-state index contributed by atoms with van der Waals surface area (Å²) in [6.45, 7) is 1.76.